The smallest absolute Gasteiger partial charge is 0.256 e. The number of H-pyrrole nitrogens is 1. The average Bonchev–Trinajstić information content (AvgIpc) is 3.27. The second-order valence-corrected chi connectivity index (χ2v) is 8.89. The molecule has 1 aliphatic heterocycles. The van der Waals surface area contributed by atoms with Gasteiger partial charge in [-0.1, -0.05) is 0 Å². The van der Waals surface area contributed by atoms with Crippen LogP contribution in [0.25, 0.3) is 11.6 Å². The van der Waals surface area contributed by atoms with Crippen LogP contribution < -0.4 is 10.6 Å². The molecule has 0 saturated heterocycles. The molecule has 3 rings (SSSR count). The van der Waals surface area contributed by atoms with E-state index in [2.05, 4.69) is 15.6 Å². The molecule has 5 N–H and O–H groups in total. The molecule has 0 fully saturated rings. The fourth-order valence-corrected chi connectivity index (χ4v) is 4.39. The van der Waals surface area contributed by atoms with Crippen LogP contribution in [0.15, 0.2) is 18.2 Å². The van der Waals surface area contributed by atoms with Crippen molar-refractivity contribution in [3.63, 3.8) is 0 Å². The van der Waals surface area contributed by atoms with Crippen LogP contribution in [0, 0.1) is 19.7 Å². The van der Waals surface area contributed by atoms with Crippen LogP contribution in [0.2, 0.25) is 0 Å². The number of aromatic nitrogens is 1. The molecule has 2 heterocycles. The third-order valence-corrected chi connectivity index (χ3v) is 6.33. The highest BCUT2D eigenvalue weighted by Crippen LogP contribution is 2.34. The number of aliphatic hydroxyl groups excluding tert-OH is 2. The van der Waals surface area contributed by atoms with Crippen molar-refractivity contribution in [3.05, 3.63) is 52.1 Å². The van der Waals surface area contributed by atoms with Gasteiger partial charge < -0.3 is 30.7 Å². The molecule has 0 radical (unpaired) electrons. The predicted octanol–water partition coefficient (Wildman–Crippen LogP) is 2.36. The summed E-state index contributed by atoms with van der Waals surface area (Å²) in [7, 11) is 0. The molecule has 194 valence electrons. The molecule has 10 heteroatoms. The maximum Gasteiger partial charge on any atom is 0.256 e. The highest BCUT2D eigenvalue weighted by atomic mass is 19.1. The summed E-state index contributed by atoms with van der Waals surface area (Å²) in [6.45, 7) is 8.13. The van der Waals surface area contributed by atoms with Crippen molar-refractivity contribution in [2.45, 2.75) is 52.7 Å². The lowest BCUT2D eigenvalue weighted by Crippen LogP contribution is -2.37. The number of benzene rings is 1. The van der Waals surface area contributed by atoms with Crippen molar-refractivity contribution < 1.29 is 29.0 Å². The van der Waals surface area contributed by atoms with Crippen LogP contribution in [-0.4, -0.2) is 69.7 Å². The van der Waals surface area contributed by atoms with Gasteiger partial charge in [0.2, 0.25) is 5.91 Å². The van der Waals surface area contributed by atoms with Gasteiger partial charge in [-0.25, -0.2) is 4.39 Å². The van der Waals surface area contributed by atoms with Crippen molar-refractivity contribution in [1.82, 2.24) is 15.2 Å². The molecule has 0 bridgehead atoms. The summed E-state index contributed by atoms with van der Waals surface area (Å²) in [4.78, 5) is 42.1. The Morgan fingerprint density at radius 3 is 2.53 bits per heavy atom. The number of nitrogens with zero attached hydrogens (tertiary/aromatic N) is 1. The van der Waals surface area contributed by atoms with Crippen LogP contribution >= 0.6 is 0 Å². The Hall–Kier alpha value is -3.50. The molecular formula is C26H33FN4O5. The lowest BCUT2D eigenvalue weighted by Gasteiger charge is -2.21. The summed E-state index contributed by atoms with van der Waals surface area (Å²) in [6.07, 6.45) is -0.632. The Morgan fingerprint density at radius 1 is 1.17 bits per heavy atom. The number of aliphatic hydroxyl groups is 2. The van der Waals surface area contributed by atoms with E-state index < -0.39 is 23.9 Å². The number of fused-ring (bicyclic) bond motifs is 1. The molecule has 2 atom stereocenters. The minimum absolute atomic E-state index is 0.0547. The summed E-state index contributed by atoms with van der Waals surface area (Å²) in [5.74, 6) is -1.45. The second-order valence-electron chi connectivity index (χ2n) is 8.89. The zero-order valence-corrected chi connectivity index (χ0v) is 20.9. The SMILES string of the molecule is CCN(CC)C(=O)C[C@H](O)C[C@H](O)CNC(=O)c1c(C)[nH]c(/C=C2\C(=O)Nc3ccc(F)cc32)c1C. The van der Waals surface area contributed by atoms with E-state index in [1.807, 2.05) is 13.8 Å². The summed E-state index contributed by atoms with van der Waals surface area (Å²) in [5, 5.41) is 25.8. The van der Waals surface area contributed by atoms with Gasteiger partial charge in [0, 0.05) is 48.7 Å². The number of hydrogen-bond donors (Lipinski definition) is 5. The minimum atomic E-state index is -1.04. The number of nitrogens with one attached hydrogen (secondary N) is 3. The number of aryl methyl sites for hydroxylation is 1. The Kier molecular flexibility index (Phi) is 8.65. The van der Waals surface area contributed by atoms with Gasteiger partial charge in [-0.05, 0) is 57.5 Å². The van der Waals surface area contributed by atoms with Crippen LogP contribution in [-0.2, 0) is 9.59 Å². The van der Waals surface area contributed by atoms with E-state index in [4.69, 9.17) is 0 Å². The van der Waals surface area contributed by atoms with Crippen molar-refractivity contribution in [2.75, 3.05) is 25.0 Å². The van der Waals surface area contributed by atoms with Crippen LogP contribution in [0.5, 0.6) is 0 Å². The van der Waals surface area contributed by atoms with Gasteiger partial charge in [-0.3, -0.25) is 14.4 Å². The Bertz CT molecular complexity index is 1190. The van der Waals surface area contributed by atoms with Crippen molar-refractivity contribution >= 4 is 35.1 Å². The van der Waals surface area contributed by atoms with E-state index in [1.54, 1.807) is 24.8 Å². The van der Waals surface area contributed by atoms with Gasteiger partial charge in [0.05, 0.1) is 29.8 Å². The number of amides is 3. The normalized spacial score (nSPS) is 15.4. The number of aromatic amines is 1. The van der Waals surface area contributed by atoms with Gasteiger partial charge in [0.15, 0.2) is 0 Å². The standard InChI is InChI=1S/C26H33FN4O5/c1-5-31(6-2)23(34)11-17(32)10-18(33)13-28-26(36)24-14(3)22(29-15(24)4)12-20-19-9-16(27)7-8-21(19)30-25(20)35/h7-9,12,17-18,29,32-33H,5-6,10-11,13H2,1-4H3,(H,28,36)(H,30,35)/b20-12-/t17-,18+/m1/s1. The lowest BCUT2D eigenvalue weighted by atomic mass is 10.0. The highest BCUT2D eigenvalue weighted by Gasteiger charge is 2.26. The van der Waals surface area contributed by atoms with Crippen molar-refractivity contribution in [1.29, 1.82) is 0 Å². The van der Waals surface area contributed by atoms with Gasteiger partial charge >= 0.3 is 0 Å². The van der Waals surface area contributed by atoms with E-state index in [9.17, 15) is 29.0 Å². The molecule has 36 heavy (non-hydrogen) atoms. The van der Waals surface area contributed by atoms with Crippen molar-refractivity contribution in [3.8, 4) is 0 Å². The summed E-state index contributed by atoms with van der Waals surface area (Å²) in [6, 6.07) is 4.05. The molecule has 0 aliphatic carbocycles. The fourth-order valence-electron chi connectivity index (χ4n) is 4.39. The van der Waals surface area contributed by atoms with Crippen molar-refractivity contribution in [2.24, 2.45) is 0 Å². The number of anilines is 1. The lowest BCUT2D eigenvalue weighted by molar-refractivity contribution is -0.133. The number of hydrogen-bond acceptors (Lipinski definition) is 5. The number of halogens is 1. The van der Waals surface area contributed by atoms with E-state index in [0.717, 1.165) is 0 Å². The molecule has 0 spiro atoms. The maximum atomic E-state index is 13.7. The number of carbonyl (C=O) groups excluding carboxylic acids is 3. The third-order valence-electron chi connectivity index (χ3n) is 6.33. The number of rotatable bonds is 10. The van der Waals surface area contributed by atoms with Gasteiger partial charge in [-0.15, -0.1) is 0 Å². The summed E-state index contributed by atoms with van der Waals surface area (Å²) in [5.41, 5.74) is 3.29. The zero-order chi connectivity index (χ0) is 26.6. The van der Waals surface area contributed by atoms with E-state index >= 15 is 0 Å². The van der Waals surface area contributed by atoms with Gasteiger partial charge in [0.1, 0.15) is 5.82 Å². The van der Waals surface area contributed by atoms with Crippen LogP contribution in [0.4, 0.5) is 10.1 Å². The Morgan fingerprint density at radius 2 is 1.86 bits per heavy atom. The molecule has 1 aliphatic rings. The third kappa shape index (κ3) is 6.00. The van der Waals surface area contributed by atoms with Crippen LogP contribution in [0.3, 0.4) is 0 Å². The van der Waals surface area contributed by atoms with Gasteiger partial charge in [-0.2, -0.15) is 0 Å². The van der Waals surface area contributed by atoms with E-state index in [1.165, 1.54) is 18.2 Å². The molecule has 2 aromatic rings. The molecule has 9 nitrogen and oxygen atoms in total. The molecule has 1 aromatic carbocycles. The predicted molar refractivity (Wildman–Crippen MR) is 135 cm³/mol. The molecular weight excluding hydrogens is 467 g/mol. The molecule has 1 aromatic heterocycles. The largest absolute Gasteiger partial charge is 0.392 e. The minimum Gasteiger partial charge on any atom is -0.392 e. The van der Waals surface area contributed by atoms with E-state index in [-0.39, 0.29) is 36.8 Å². The summed E-state index contributed by atoms with van der Waals surface area (Å²) < 4.78 is 13.7. The Balaban J connectivity index is 1.65. The molecule has 3 amide bonds. The first kappa shape index (κ1) is 27.1. The van der Waals surface area contributed by atoms with E-state index in [0.29, 0.717) is 46.9 Å². The Labute approximate surface area is 209 Å². The topological polar surface area (TPSA) is 135 Å². The monoisotopic (exact) mass is 500 g/mol. The first-order valence-corrected chi connectivity index (χ1v) is 12.0. The second kappa shape index (κ2) is 11.5. The van der Waals surface area contributed by atoms with Crippen LogP contribution in [0.1, 0.15) is 59.6 Å². The zero-order valence-electron chi connectivity index (χ0n) is 20.9. The number of carbonyl (C=O) groups is 3. The maximum absolute atomic E-state index is 13.7. The average molecular weight is 501 g/mol. The first-order chi connectivity index (χ1) is 17.0. The molecule has 0 saturated carbocycles. The van der Waals surface area contributed by atoms with Gasteiger partial charge in [0.25, 0.3) is 11.8 Å². The summed E-state index contributed by atoms with van der Waals surface area (Å²) >= 11 is 0. The fraction of sp³-hybridized carbons (Fsp3) is 0.423. The quantitative estimate of drug-likeness (QED) is 0.319. The first-order valence-electron chi connectivity index (χ1n) is 12.0. The molecule has 0 unspecified atom stereocenters. The highest BCUT2D eigenvalue weighted by molar-refractivity contribution is 6.34.